The fraction of sp³-hybridized carbons (Fsp3) is 0.130. The number of nitrogens with one attached hydrogen (secondary N) is 2. The molecule has 3 aromatic carbocycles. The number of anilines is 3. The average Bonchev–Trinajstić information content (AvgIpc) is 2.76. The minimum absolute atomic E-state index is 0.0600. The number of benzene rings is 3. The van der Waals surface area contributed by atoms with E-state index >= 15 is 0 Å². The lowest BCUT2D eigenvalue weighted by molar-refractivity contribution is -0.274. The van der Waals surface area contributed by atoms with Gasteiger partial charge in [-0.15, -0.1) is 13.2 Å². The number of hydrogen-bond donors (Lipinski definition) is 2. The average molecular weight is 488 g/mol. The number of sulfonamides is 1. The second kappa shape index (κ2) is 8.82. The summed E-state index contributed by atoms with van der Waals surface area (Å²) in [7, 11) is -4.01. The smallest absolute Gasteiger partial charge is 0.406 e. The monoisotopic (exact) mass is 488 g/mol. The molecular formula is C23H19F3N4O3S. The van der Waals surface area contributed by atoms with Gasteiger partial charge < -0.3 is 10.1 Å². The SMILES string of the molecule is Cc1ccc(C)c(S(=O)(=O)Nc2nc3ccccc3nc2Nc2ccc(OC(F)(F)F)cc2)c1. The quantitative estimate of drug-likeness (QED) is 0.362. The maximum atomic E-state index is 13.2. The standard InChI is InChI=1S/C23H19F3N4O3S/c1-14-7-8-15(2)20(13-14)34(31,32)30-22-21(28-18-5-3-4-6-19(18)29-22)27-16-9-11-17(12-10-16)33-23(24,25)26/h3-13H,1-2H3,(H,27,28)(H,29,30). The zero-order chi connectivity index (χ0) is 24.5. The summed E-state index contributed by atoms with van der Waals surface area (Å²) in [6.07, 6.45) is -4.81. The second-order valence-corrected chi connectivity index (χ2v) is 9.13. The molecule has 0 saturated heterocycles. The summed E-state index contributed by atoms with van der Waals surface area (Å²) in [5.41, 5.74) is 2.64. The van der Waals surface area contributed by atoms with Crippen molar-refractivity contribution in [3.05, 3.63) is 77.9 Å². The molecule has 7 nitrogen and oxygen atoms in total. The Balaban J connectivity index is 1.71. The maximum Gasteiger partial charge on any atom is 0.573 e. The van der Waals surface area contributed by atoms with Gasteiger partial charge in [0.05, 0.1) is 15.9 Å². The van der Waals surface area contributed by atoms with E-state index in [4.69, 9.17) is 0 Å². The third kappa shape index (κ3) is 5.37. The molecule has 4 aromatic rings. The number of halogens is 3. The Bertz CT molecular complexity index is 1460. The molecule has 0 fully saturated rings. The summed E-state index contributed by atoms with van der Waals surface area (Å²) in [6.45, 7) is 3.47. The van der Waals surface area contributed by atoms with Gasteiger partial charge in [-0.1, -0.05) is 24.3 Å². The van der Waals surface area contributed by atoms with Crippen LogP contribution in [0.1, 0.15) is 11.1 Å². The molecule has 4 rings (SSSR count). The summed E-state index contributed by atoms with van der Waals surface area (Å²) in [5.74, 6) is -0.370. The van der Waals surface area contributed by atoms with E-state index < -0.39 is 22.1 Å². The Morgan fingerprint density at radius 2 is 1.47 bits per heavy atom. The van der Waals surface area contributed by atoms with Crippen LogP contribution in [0.3, 0.4) is 0 Å². The lowest BCUT2D eigenvalue weighted by Crippen LogP contribution is -2.17. The number of para-hydroxylation sites is 2. The van der Waals surface area contributed by atoms with Crippen LogP contribution < -0.4 is 14.8 Å². The van der Waals surface area contributed by atoms with E-state index in [0.29, 0.717) is 22.3 Å². The van der Waals surface area contributed by atoms with Crippen LogP contribution in [0.2, 0.25) is 0 Å². The minimum atomic E-state index is -4.81. The van der Waals surface area contributed by atoms with Crippen molar-refractivity contribution in [1.29, 1.82) is 0 Å². The van der Waals surface area contributed by atoms with Crippen molar-refractivity contribution in [3.8, 4) is 5.75 Å². The van der Waals surface area contributed by atoms with Crippen LogP contribution in [0.15, 0.2) is 71.6 Å². The summed E-state index contributed by atoms with van der Waals surface area (Å²) < 4.78 is 70.0. The highest BCUT2D eigenvalue weighted by Crippen LogP contribution is 2.30. The molecule has 0 aliphatic heterocycles. The van der Waals surface area contributed by atoms with Gasteiger partial charge in [-0.25, -0.2) is 18.4 Å². The molecule has 0 aliphatic rings. The van der Waals surface area contributed by atoms with E-state index in [9.17, 15) is 21.6 Å². The van der Waals surface area contributed by atoms with Gasteiger partial charge in [-0.05, 0) is 67.4 Å². The molecule has 1 aromatic heterocycles. The Labute approximate surface area is 193 Å². The maximum absolute atomic E-state index is 13.2. The minimum Gasteiger partial charge on any atom is -0.406 e. The third-order valence-corrected chi connectivity index (χ3v) is 6.27. The van der Waals surface area contributed by atoms with Gasteiger partial charge in [-0.2, -0.15) is 0 Å². The van der Waals surface area contributed by atoms with Crippen molar-refractivity contribution in [2.45, 2.75) is 25.1 Å². The Morgan fingerprint density at radius 3 is 2.09 bits per heavy atom. The number of rotatable bonds is 6. The number of nitrogens with zero attached hydrogens (tertiary/aromatic N) is 2. The zero-order valence-corrected chi connectivity index (χ0v) is 18.8. The Morgan fingerprint density at radius 1 is 0.853 bits per heavy atom. The number of ether oxygens (including phenoxy) is 1. The van der Waals surface area contributed by atoms with Crippen LogP contribution in [0.4, 0.5) is 30.5 Å². The van der Waals surface area contributed by atoms with E-state index in [2.05, 4.69) is 24.7 Å². The van der Waals surface area contributed by atoms with Crippen molar-refractivity contribution in [3.63, 3.8) is 0 Å². The van der Waals surface area contributed by atoms with Crippen molar-refractivity contribution < 1.29 is 26.3 Å². The van der Waals surface area contributed by atoms with Crippen molar-refractivity contribution in [2.24, 2.45) is 0 Å². The second-order valence-electron chi connectivity index (χ2n) is 7.48. The first-order valence-corrected chi connectivity index (χ1v) is 11.5. The molecule has 0 aliphatic carbocycles. The highest BCUT2D eigenvalue weighted by Gasteiger charge is 2.31. The highest BCUT2D eigenvalue weighted by molar-refractivity contribution is 7.92. The summed E-state index contributed by atoms with van der Waals surface area (Å²) in [5, 5.41) is 2.92. The molecule has 0 bridgehead atoms. The van der Waals surface area contributed by atoms with Crippen molar-refractivity contribution in [1.82, 2.24) is 9.97 Å². The number of alkyl halides is 3. The highest BCUT2D eigenvalue weighted by atomic mass is 32.2. The first kappa shape index (κ1) is 23.3. The first-order valence-electron chi connectivity index (χ1n) is 10.00. The fourth-order valence-electron chi connectivity index (χ4n) is 3.21. The molecule has 176 valence electrons. The number of fused-ring (bicyclic) bond motifs is 1. The number of hydrogen-bond acceptors (Lipinski definition) is 6. The molecule has 0 radical (unpaired) electrons. The van der Waals surface area contributed by atoms with E-state index in [1.54, 1.807) is 50.2 Å². The van der Waals surface area contributed by atoms with E-state index in [1.807, 2.05) is 6.07 Å². The van der Waals surface area contributed by atoms with E-state index in [1.165, 1.54) is 12.1 Å². The molecule has 0 unspecified atom stereocenters. The Hall–Kier alpha value is -3.86. The molecule has 0 spiro atoms. The van der Waals surface area contributed by atoms with Crippen LogP contribution in [-0.4, -0.2) is 24.7 Å². The molecule has 1 heterocycles. The zero-order valence-electron chi connectivity index (χ0n) is 18.0. The van der Waals surface area contributed by atoms with Crippen LogP contribution in [-0.2, 0) is 10.0 Å². The van der Waals surface area contributed by atoms with Gasteiger partial charge >= 0.3 is 6.36 Å². The van der Waals surface area contributed by atoms with Crippen LogP contribution in [0.25, 0.3) is 11.0 Å². The normalized spacial score (nSPS) is 11.9. The van der Waals surface area contributed by atoms with Crippen molar-refractivity contribution >= 4 is 38.4 Å². The largest absolute Gasteiger partial charge is 0.573 e. The molecule has 11 heteroatoms. The van der Waals surface area contributed by atoms with Gasteiger partial charge in [0.1, 0.15) is 5.75 Å². The molecule has 34 heavy (non-hydrogen) atoms. The topological polar surface area (TPSA) is 93.2 Å². The summed E-state index contributed by atoms with van der Waals surface area (Å²) in [6, 6.07) is 16.9. The molecule has 2 N–H and O–H groups in total. The van der Waals surface area contributed by atoms with Gasteiger partial charge in [0.25, 0.3) is 10.0 Å². The predicted octanol–water partition coefficient (Wildman–Crippen LogP) is 5.69. The van der Waals surface area contributed by atoms with Gasteiger partial charge in [-0.3, -0.25) is 4.72 Å². The van der Waals surface area contributed by atoms with Gasteiger partial charge in [0.2, 0.25) is 0 Å². The number of aryl methyl sites for hydroxylation is 2. The molecule has 0 atom stereocenters. The predicted molar refractivity (Wildman–Crippen MR) is 123 cm³/mol. The van der Waals surface area contributed by atoms with Gasteiger partial charge in [0, 0.05) is 5.69 Å². The first-order chi connectivity index (χ1) is 16.0. The van der Waals surface area contributed by atoms with Gasteiger partial charge in [0.15, 0.2) is 11.6 Å². The van der Waals surface area contributed by atoms with Crippen LogP contribution in [0, 0.1) is 13.8 Å². The van der Waals surface area contributed by atoms with Crippen LogP contribution >= 0.6 is 0 Å². The lowest BCUT2D eigenvalue weighted by Gasteiger charge is -2.15. The van der Waals surface area contributed by atoms with E-state index in [0.717, 1.165) is 17.7 Å². The van der Waals surface area contributed by atoms with Crippen LogP contribution in [0.5, 0.6) is 5.75 Å². The third-order valence-electron chi connectivity index (χ3n) is 4.79. The number of aromatic nitrogens is 2. The molecular weight excluding hydrogens is 469 g/mol. The van der Waals surface area contributed by atoms with E-state index in [-0.39, 0.29) is 16.5 Å². The lowest BCUT2D eigenvalue weighted by atomic mass is 10.2. The molecule has 0 amide bonds. The molecule has 0 saturated carbocycles. The fourth-order valence-corrected chi connectivity index (χ4v) is 4.55. The Kier molecular flexibility index (Phi) is 6.05. The van der Waals surface area contributed by atoms with Crippen molar-refractivity contribution in [2.75, 3.05) is 10.0 Å². The summed E-state index contributed by atoms with van der Waals surface area (Å²) >= 11 is 0. The summed E-state index contributed by atoms with van der Waals surface area (Å²) in [4.78, 5) is 8.97.